The van der Waals surface area contributed by atoms with E-state index < -0.39 is 5.82 Å². The van der Waals surface area contributed by atoms with Gasteiger partial charge in [0.1, 0.15) is 5.82 Å². The molecule has 1 fully saturated rings. The number of halogens is 2. The lowest BCUT2D eigenvalue weighted by atomic mass is 9.64. The summed E-state index contributed by atoms with van der Waals surface area (Å²) in [5.74, 6) is -0.860. The maximum absolute atomic E-state index is 13.8. The van der Waals surface area contributed by atoms with E-state index in [1.54, 1.807) is 6.07 Å². The molecule has 2 aromatic rings. The third-order valence-electron chi connectivity index (χ3n) is 4.46. The van der Waals surface area contributed by atoms with Gasteiger partial charge in [0.15, 0.2) is 0 Å². The summed E-state index contributed by atoms with van der Waals surface area (Å²) in [6, 6.07) is 14.7. The van der Waals surface area contributed by atoms with Crippen LogP contribution in [-0.4, -0.2) is 12.5 Å². The molecule has 1 saturated carbocycles. The van der Waals surface area contributed by atoms with Gasteiger partial charge < -0.3 is 5.32 Å². The summed E-state index contributed by atoms with van der Waals surface area (Å²) in [5, 5.41) is 2.91. The molecular weight excluding hydrogens is 345 g/mol. The predicted octanol–water partition coefficient (Wildman–Crippen LogP) is 4.44. The number of carbonyl (C=O) groups excluding carboxylic acids is 1. The number of hydrogen-bond acceptors (Lipinski definition) is 1. The van der Waals surface area contributed by atoms with Crippen LogP contribution in [0.25, 0.3) is 0 Å². The molecule has 0 aromatic heterocycles. The molecule has 1 N–H and O–H groups in total. The van der Waals surface area contributed by atoms with Crippen LogP contribution in [-0.2, 0) is 5.41 Å². The van der Waals surface area contributed by atoms with E-state index in [2.05, 4.69) is 33.4 Å². The highest BCUT2D eigenvalue weighted by molar-refractivity contribution is 9.10. The average Bonchev–Trinajstić information content (AvgIpc) is 2.47. The van der Waals surface area contributed by atoms with Crippen LogP contribution < -0.4 is 5.32 Å². The average molecular weight is 362 g/mol. The monoisotopic (exact) mass is 361 g/mol. The quantitative estimate of drug-likeness (QED) is 0.856. The van der Waals surface area contributed by atoms with Crippen LogP contribution in [0.15, 0.2) is 53.0 Å². The van der Waals surface area contributed by atoms with Crippen LogP contribution in [0.5, 0.6) is 0 Å². The molecule has 114 valence electrons. The van der Waals surface area contributed by atoms with Gasteiger partial charge >= 0.3 is 0 Å². The Balaban J connectivity index is 1.72. The summed E-state index contributed by atoms with van der Waals surface area (Å²) in [5.41, 5.74) is 1.34. The zero-order valence-electron chi connectivity index (χ0n) is 12.1. The molecule has 0 unspecified atom stereocenters. The number of rotatable bonds is 4. The highest BCUT2D eigenvalue weighted by Crippen LogP contribution is 2.43. The topological polar surface area (TPSA) is 29.1 Å². The SMILES string of the molecule is O=C(NCC1(c2ccccc2)CCC1)c1ccc(Br)cc1F. The lowest BCUT2D eigenvalue weighted by molar-refractivity contribution is 0.0924. The van der Waals surface area contributed by atoms with Gasteiger partial charge in [0.05, 0.1) is 5.56 Å². The molecule has 0 atom stereocenters. The second kappa shape index (κ2) is 6.21. The molecular formula is C18H17BrFNO. The molecule has 0 spiro atoms. The molecule has 3 rings (SSSR count). The lowest BCUT2D eigenvalue weighted by Crippen LogP contribution is -2.45. The first kappa shape index (κ1) is 15.2. The fourth-order valence-electron chi connectivity index (χ4n) is 2.98. The summed E-state index contributed by atoms with van der Waals surface area (Å²) in [6.45, 7) is 0.547. The van der Waals surface area contributed by atoms with E-state index in [1.165, 1.54) is 17.7 Å². The van der Waals surface area contributed by atoms with Crippen LogP contribution in [0.4, 0.5) is 4.39 Å². The third kappa shape index (κ3) is 2.93. The first-order valence-electron chi connectivity index (χ1n) is 7.40. The van der Waals surface area contributed by atoms with Gasteiger partial charge in [-0.15, -0.1) is 0 Å². The summed E-state index contributed by atoms with van der Waals surface area (Å²) in [4.78, 5) is 12.2. The molecule has 2 nitrogen and oxygen atoms in total. The summed E-state index contributed by atoms with van der Waals surface area (Å²) in [6.07, 6.45) is 3.28. The Morgan fingerprint density at radius 3 is 2.50 bits per heavy atom. The fourth-order valence-corrected chi connectivity index (χ4v) is 3.31. The minimum atomic E-state index is -0.505. The van der Waals surface area contributed by atoms with Crippen LogP contribution in [0, 0.1) is 5.82 Å². The van der Waals surface area contributed by atoms with Crippen molar-refractivity contribution in [2.75, 3.05) is 6.54 Å². The molecule has 4 heteroatoms. The van der Waals surface area contributed by atoms with Crippen LogP contribution >= 0.6 is 15.9 Å². The molecule has 0 aliphatic heterocycles. The van der Waals surface area contributed by atoms with Gasteiger partial charge in [0.25, 0.3) is 5.91 Å². The zero-order valence-corrected chi connectivity index (χ0v) is 13.7. The number of benzene rings is 2. The fraction of sp³-hybridized carbons (Fsp3) is 0.278. The van der Waals surface area contributed by atoms with Gasteiger partial charge in [-0.05, 0) is 36.6 Å². The Labute approximate surface area is 137 Å². The van der Waals surface area contributed by atoms with Crippen molar-refractivity contribution in [3.8, 4) is 0 Å². The summed E-state index contributed by atoms with van der Waals surface area (Å²) < 4.78 is 14.5. The largest absolute Gasteiger partial charge is 0.351 e. The molecule has 0 saturated heterocycles. The van der Waals surface area contributed by atoms with E-state index >= 15 is 0 Å². The van der Waals surface area contributed by atoms with Gasteiger partial charge in [0, 0.05) is 16.4 Å². The third-order valence-corrected chi connectivity index (χ3v) is 4.95. The van der Waals surface area contributed by atoms with Crippen LogP contribution in [0.3, 0.4) is 0 Å². The van der Waals surface area contributed by atoms with Crippen molar-refractivity contribution in [2.45, 2.75) is 24.7 Å². The Morgan fingerprint density at radius 2 is 1.91 bits per heavy atom. The van der Waals surface area contributed by atoms with Gasteiger partial charge in [-0.25, -0.2) is 4.39 Å². The second-order valence-electron chi connectivity index (χ2n) is 5.81. The van der Waals surface area contributed by atoms with Gasteiger partial charge in [-0.1, -0.05) is 52.7 Å². The molecule has 0 radical (unpaired) electrons. The van der Waals surface area contributed by atoms with E-state index in [1.807, 2.05) is 18.2 Å². The van der Waals surface area contributed by atoms with Gasteiger partial charge in [0.2, 0.25) is 0 Å². The van der Waals surface area contributed by atoms with Crippen molar-refractivity contribution in [2.24, 2.45) is 0 Å². The van der Waals surface area contributed by atoms with Gasteiger partial charge in [-0.3, -0.25) is 4.79 Å². The number of hydrogen-bond donors (Lipinski definition) is 1. The summed E-state index contributed by atoms with van der Waals surface area (Å²) in [7, 11) is 0. The van der Waals surface area contributed by atoms with Crippen LogP contribution in [0.2, 0.25) is 0 Å². The van der Waals surface area contributed by atoms with Crippen LogP contribution in [0.1, 0.15) is 35.2 Å². The van der Waals surface area contributed by atoms with E-state index in [-0.39, 0.29) is 16.9 Å². The van der Waals surface area contributed by atoms with Crippen molar-refractivity contribution in [3.63, 3.8) is 0 Å². The molecule has 0 heterocycles. The highest BCUT2D eigenvalue weighted by Gasteiger charge is 2.38. The van der Waals surface area contributed by atoms with E-state index in [9.17, 15) is 9.18 Å². The van der Waals surface area contributed by atoms with Crippen molar-refractivity contribution < 1.29 is 9.18 Å². The van der Waals surface area contributed by atoms with Gasteiger partial charge in [-0.2, -0.15) is 0 Å². The second-order valence-corrected chi connectivity index (χ2v) is 6.72. The first-order chi connectivity index (χ1) is 10.6. The Kier molecular flexibility index (Phi) is 4.30. The van der Waals surface area contributed by atoms with Crippen molar-refractivity contribution in [3.05, 3.63) is 69.9 Å². The minimum Gasteiger partial charge on any atom is -0.351 e. The standard InChI is InChI=1S/C18H17BrFNO/c19-14-7-8-15(16(20)11-14)17(22)21-12-18(9-4-10-18)13-5-2-1-3-6-13/h1-3,5-8,11H,4,9-10,12H2,(H,21,22). The predicted molar refractivity (Wildman–Crippen MR) is 88.4 cm³/mol. The number of amides is 1. The molecule has 1 aliphatic rings. The zero-order chi connectivity index (χ0) is 15.6. The molecule has 2 aromatic carbocycles. The normalized spacial score (nSPS) is 15.9. The van der Waals surface area contributed by atoms with Crippen molar-refractivity contribution >= 4 is 21.8 Å². The van der Waals surface area contributed by atoms with E-state index in [4.69, 9.17) is 0 Å². The maximum atomic E-state index is 13.8. The maximum Gasteiger partial charge on any atom is 0.254 e. The smallest absolute Gasteiger partial charge is 0.254 e. The number of nitrogens with one attached hydrogen (secondary N) is 1. The molecule has 22 heavy (non-hydrogen) atoms. The molecule has 1 amide bonds. The van der Waals surface area contributed by atoms with Crippen molar-refractivity contribution in [1.82, 2.24) is 5.32 Å². The van der Waals surface area contributed by atoms with E-state index in [0.29, 0.717) is 11.0 Å². The lowest BCUT2D eigenvalue weighted by Gasteiger charge is -2.42. The molecule has 0 bridgehead atoms. The summed E-state index contributed by atoms with van der Waals surface area (Å²) >= 11 is 3.20. The Bertz CT molecular complexity index is 683. The number of carbonyl (C=O) groups is 1. The Morgan fingerprint density at radius 1 is 1.18 bits per heavy atom. The van der Waals surface area contributed by atoms with E-state index in [0.717, 1.165) is 19.3 Å². The highest BCUT2D eigenvalue weighted by atomic mass is 79.9. The first-order valence-corrected chi connectivity index (χ1v) is 8.19. The molecule has 1 aliphatic carbocycles. The van der Waals surface area contributed by atoms with Crippen molar-refractivity contribution in [1.29, 1.82) is 0 Å². The minimum absolute atomic E-state index is 0.00274. The Hall–Kier alpha value is -1.68.